The second-order valence-corrected chi connectivity index (χ2v) is 5.60. The molecule has 0 aliphatic heterocycles. The van der Waals surface area contributed by atoms with Crippen molar-refractivity contribution < 1.29 is 4.74 Å². The smallest absolute Gasteiger partial charge is 0.239 e. The average molecular weight is 263 g/mol. The van der Waals surface area contributed by atoms with Crippen molar-refractivity contribution in [1.29, 1.82) is 0 Å². The van der Waals surface area contributed by atoms with Gasteiger partial charge in [-0.1, -0.05) is 6.92 Å². The van der Waals surface area contributed by atoms with Crippen molar-refractivity contribution in [3.63, 3.8) is 0 Å². The van der Waals surface area contributed by atoms with Crippen molar-refractivity contribution in [1.82, 2.24) is 4.98 Å². The summed E-state index contributed by atoms with van der Waals surface area (Å²) in [6, 6.07) is 4.34. The summed E-state index contributed by atoms with van der Waals surface area (Å²) in [6.45, 7) is 8.22. The van der Waals surface area contributed by atoms with Crippen molar-refractivity contribution in [2.75, 3.05) is 23.8 Å². The third-order valence-electron chi connectivity index (χ3n) is 3.39. The van der Waals surface area contributed by atoms with Gasteiger partial charge < -0.3 is 15.4 Å². The van der Waals surface area contributed by atoms with Crippen molar-refractivity contribution in [3.05, 3.63) is 12.1 Å². The molecule has 1 aromatic heterocycles. The number of hydrogen-bond donors (Lipinski definition) is 1. The number of ether oxygens (including phenoxy) is 1. The maximum atomic E-state index is 5.91. The molecule has 0 saturated heterocycles. The monoisotopic (exact) mass is 263 g/mol. The second kappa shape index (κ2) is 6.13. The minimum atomic E-state index is 0.441. The number of nitrogen functional groups attached to an aromatic ring is 1. The highest BCUT2D eigenvalue weighted by Crippen LogP contribution is 2.33. The van der Waals surface area contributed by atoms with Crippen molar-refractivity contribution in [2.45, 2.75) is 46.1 Å². The first kappa shape index (κ1) is 14.0. The van der Waals surface area contributed by atoms with Gasteiger partial charge in [-0.15, -0.1) is 0 Å². The lowest BCUT2D eigenvalue weighted by Gasteiger charge is -2.28. The van der Waals surface area contributed by atoms with Gasteiger partial charge in [-0.25, -0.2) is 0 Å². The third-order valence-corrected chi connectivity index (χ3v) is 3.39. The largest absolute Gasteiger partial charge is 0.476 e. The molecular formula is C15H25N3O. The molecule has 1 saturated carbocycles. The summed E-state index contributed by atoms with van der Waals surface area (Å²) in [6.07, 6.45) is 3.65. The summed E-state index contributed by atoms with van der Waals surface area (Å²) in [5.41, 5.74) is 6.53. The summed E-state index contributed by atoms with van der Waals surface area (Å²) >= 11 is 0. The van der Waals surface area contributed by atoms with E-state index in [9.17, 15) is 0 Å². The minimum Gasteiger partial charge on any atom is -0.476 e. The molecule has 1 heterocycles. The molecule has 0 amide bonds. The van der Waals surface area contributed by atoms with E-state index in [2.05, 4.69) is 30.7 Å². The predicted molar refractivity (Wildman–Crippen MR) is 79.6 cm³/mol. The molecule has 0 spiro atoms. The Morgan fingerprint density at radius 1 is 1.42 bits per heavy atom. The van der Waals surface area contributed by atoms with Crippen LogP contribution in [0.3, 0.4) is 0 Å². The SMILES string of the molecule is CCCOc1nc(N(CC2CC2)C(C)C)ccc1N. The van der Waals surface area contributed by atoms with Gasteiger partial charge in [0.1, 0.15) is 5.82 Å². The Kier molecular flexibility index (Phi) is 4.51. The Morgan fingerprint density at radius 3 is 2.74 bits per heavy atom. The summed E-state index contributed by atoms with van der Waals surface area (Å²) in [5, 5.41) is 0. The van der Waals surface area contributed by atoms with Crippen LogP contribution in [0.25, 0.3) is 0 Å². The molecule has 0 unspecified atom stereocenters. The highest BCUT2D eigenvalue weighted by molar-refractivity contribution is 5.55. The lowest BCUT2D eigenvalue weighted by molar-refractivity contribution is 0.307. The molecule has 0 atom stereocenters. The van der Waals surface area contributed by atoms with E-state index in [1.165, 1.54) is 12.8 Å². The van der Waals surface area contributed by atoms with Crippen LogP contribution in [0.2, 0.25) is 0 Å². The topological polar surface area (TPSA) is 51.4 Å². The van der Waals surface area contributed by atoms with Gasteiger partial charge in [0.15, 0.2) is 0 Å². The molecule has 1 aromatic rings. The lowest BCUT2D eigenvalue weighted by atomic mass is 10.2. The molecule has 4 nitrogen and oxygen atoms in total. The number of aromatic nitrogens is 1. The summed E-state index contributed by atoms with van der Waals surface area (Å²) in [4.78, 5) is 6.93. The van der Waals surface area contributed by atoms with Gasteiger partial charge in [-0.3, -0.25) is 0 Å². The number of nitrogens with zero attached hydrogens (tertiary/aromatic N) is 2. The fraction of sp³-hybridized carbons (Fsp3) is 0.667. The van der Waals surface area contributed by atoms with Crippen molar-refractivity contribution in [2.24, 2.45) is 5.92 Å². The highest BCUT2D eigenvalue weighted by atomic mass is 16.5. The van der Waals surface area contributed by atoms with E-state index in [0.717, 1.165) is 24.7 Å². The zero-order valence-corrected chi connectivity index (χ0v) is 12.2. The first-order chi connectivity index (χ1) is 9.11. The molecular weight excluding hydrogens is 238 g/mol. The van der Waals surface area contributed by atoms with E-state index in [4.69, 9.17) is 10.5 Å². The van der Waals surface area contributed by atoms with Crippen molar-refractivity contribution in [3.8, 4) is 5.88 Å². The van der Waals surface area contributed by atoms with Crippen LogP contribution in [-0.4, -0.2) is 24.2 Å². The standard InChI is InChI=1S/C15H25N3O/c1-4-9-19-15-13(16)7-8-14(17-15)18(11(2)3)10-12-5-6-12/h7-8,11-12H,4-6,9-10,16H2,1-3H3. The normalized spacial score (nSPS) is 14.7. The molecule has 1 fully saturated rings. The van der Waals surface area contributed by atoms with Gasteiger partial charge in [0.05, 0.1) is 12.3 Å². The van der Waals surface area contributed by atoms with Gasteiger partial charge >= 0.3 is 0 Å². The van der Waals surface area contributed by atoms with E-state index in [0.29, 0.717) is 24.2 Å². The van der Waals surface area contributed by atoms with Gasteiger partial charge in [0, 0.05) is 12.6 Å². The van der Waals surface area contributed by atoms with E-state index in [1.54, 1.807) is 0 Å². The third kappa shape index (κ3) is 3.75. The van der Waals surface area contributed by atoms with Crippen LogP contribution in [0.1, 0.15) is 40.0 Å². The molecule has 106 valence electrons. The number of hydrogen-bond acceptors (Lipinski definition) is 4. The Hall–Kier alpha value is -1.45. The van der Waals surface area contributed by atoms with E-state index in [-0.39, 0.29) is 0 Å². The van der Waals surface area contributed by atoms with E-state index in [1.807, 2.05) is 12.1 Å². The molecule has 0 bridgehead atoms. The second-order valence-electron chi connectivity index (χ2n) is 5.60. The number of anilines is 2. The quantitative estimate of drug-likeness (QED) is 0.821. The zero-order valence-electron chi connectivity index (χ0n) is 12.2. The molecule has 2 N–H and O–H groups in total. The summed E-state index contributed by atoms with van der Waals surface area (Å²) in [5.74, 6) is 2.38. The van der Waals surface area contributed by atoms with Crippen LogP contribution < -0.4 is 15.4 Å². The molecule has 0 aromatic carbocycles. The Balaban J connectivity index is 2.15. The Bertz CT molecular complexity index is 416. The Labute approximate surface area is 116 Å². The van der Waals surface area contributed by atoms with Crippen LogP contribution >= 0.6 is 0 Å². The number of nitrogens with two attached hydrogens (primary N) is 1. The maximum absolute atomic E-state index is 5.91. The van der Waals surface area contributed by atoms with E-state index < -0.39 is 0 Å². The molecule has 1 aliphatic carbocycles. The zero-order chi connectivity index (χ0) is 13.8. The Morgan fingerprint density at radius 2 is 2.16 bits per heavy atom. The first-order valence-corrected chi connectivity index (χ1v) is 7.27. The molecule has 1 aliphatic rings. The maximum Gasteiger partial charge on any atom is 0.239 e. The van der Waals surface area contributed by atoms with Crippen LogP contribution in [0.15, 0.2) is 12.1 Å². The number of pyridine rings is 1. The van der Waals surface area contributed by atoms with Crippen LogP contribution in [-0.2, 0) is 0 Å². The predicted octanol–water partition coefficient (Wildman–Crippen LogP) is 3.08. The fourth-order valence-electron chi connectivity index (χ4n) is 2.06. The molecule has 0 radical (unpaired) electrons. The van der Waals surface area contributed by atoms with Gasteiger partial charge in [-0.2, -0.15) is 4.98 Å². The van der Waals surface area contributed by atoms with Gasteiger partial charge in [0.25, 0.3) is 0 Å². The molecule has 19 heavy (non-hydrogen) atoms. The van der Waals surface area contributed by atoms with Crippen molar-refractivity contribution >= 4 is 11.5 Å². The first-order valence-electron chi connectivity index (χ1n) is 7.27. The van der Waals surface area contributed by atoms with Crippen LogP contribution in [0.5, 0.6) is 5.88 Å². The van der Waals surface area contributed by atoms with Crippen LogP contribution in [0.4, 0.5) is 11.5 Å². The molecule has 2 rings (SSSR count). The lowest BCUT2D eigenvalue weighted by Crippen LogP contribution is -2.33. The van der Waals surface area contributed by atoms with E-state index >= 15 is 0 Å². The average Bonchev–Trinajstić information content (AvgIpc) is 3.19. The fourth-order valence-corrected chi connectivity index (χ4v) is 2.06. The summed E-state index contributed by atoms with van der Waals surface area (Å²) in [7, 11) is 0. The summed E-state index contributed by atoms with van der Waals surface area (Å²) < 4.78 is 5.61. The molecule has 4 heteroatoms. The number of rotatable bonds is 7. The van der Waals surface area contributed by atoms with Crippen LogP contribution in [0, 0.1) is 5.92 Å². The van der Waals surface area contributed by atoms with Gasteiger partial charge in [-0.05, 0) is 51.2 Å². The van der Waals surface area contributed by atoms with Gasteiger partial charge in [0.2, 0.25) is 5.88 Å². The highest BCUT2D eigenvalue weighted by Gasteiger charge is 2.26. The minimum absolute atomic E-state index is 0.441.